The maximum Gasteiger partial charge on any atom is 0.439 e. The van der Waals surface area contributed by atoms with Gasteiger partial charge in [-0.3, -0.25) is 0 Å². The third-order valence-electron chi connectivity index (χ3n) is 5.15. The van der Waals surface area contributed by atoms with Gasteiger partial charge < -0.3 is 9.84 Å². The monoisotopic (exact) mass is 451 g/mol. The second kappa shape index (κ2) is 6.69. The van der Waals surface area contributed by atoms with Crippen molar-refractivity contribution in [1.82, 2.24) is 4.98 Å². The van der Waals surface area contributed by atoms with E-state index in [2.05, 4.69) is 10.1 Å². The quantitative estimate of drug-likeness (QED) is 0.599. The SMILES string of the molecule is OC1(C(F)(F)F)C2COc3ccccc3C2=NN1c1nc(-c2ccc(Cl)cc2)cs1. The minimum absolute atomic E-state index is 0.0702. The molecule has 154 valence electrons. The highest BCUT2D eigenvalue weighted by Crippen LogP contribution is 2.50. The molecule has 1 aromatic heterocycles. The second-order valence-electron chi connectivity index (χ2n) is 6.90. The normalized spacial score (nSPS) is 22.9. The Hall–Kier alpha value is -2.62. The van der Waals surface area contributed by atoms with Crippen molar-refractivity contribution in [3.63, 3.8) is 0 Å². The summed E-state index contributed by atoms with van der Waals surface area (Å²) in [7, 11) is 0. The third kappa shape index (κ3) is 2.80. The standard InChI is InChI=1S/C20H13ClF3N3O2S/c21-12-7-5-11(6-8-12)15-10-30-18(25-15)27-19(28,20(22,23)24)14-9-29-16-4-2-1-3-13(16)17(14)26-27/h1-8,10,14,28H,9H2. The van der Waals surface area contributed by atoms with Crippen molar-refractivity contribution < 1.29 is 23.0 Å². The van der Waals surface area contributed by atoms with Gasteiger partial charge in [0.2, 0.25) is 5.13 Å². The molecule has 0 radical (unpaired) electrons. The molecule has 2 aliphatic rings. The molecular weight excluding hydrogens is 439 g/mol. The predicted octanol–water partition coefficient (Wildman–Crippen LogP) is 4.95. The highest BCUT2D eigenvalue weighted by atomic mass is 35.5. The molecule has 5 rings (SSSR count). The molecule has 30 heavy (non-hydrogen) atoms. The van der Waals surface area contributed by atoms with Crippen LogP contribution in [0, 0.1) is 5.92 Å². The zero-order chi connectivity index (χ0) is 21.1. The van der Waals surface area contributed by atoms with Gasteiger partial charge in [0, 0.05) is 21.5 Å². The number of hydrogen-bond acceptors (Lipinski definition) is 6. The molecule has 10 heteroatoms. The summed E-state index contributed by atoms with van der Waals surface area (Å²) in [6, 6.07) is 13.5. The Balaban J connectivity index is 1.61. The number of benzene rings is 2. The first kappa shape index (κ1) is 19.3. The molecule has 0 saturated carbocycles. The minimum atomic E-state index is -5.00. The summed E-state index contributed by atoms with van der Waals surface area (Å²) in [6.45, 7) is -0.349. The molecule has 0 aliphatic carbocycles. The van der Waals surface area contributed by atoms with Crippen LogP contribution in [-0.2, 0) is 0 Å². The zero-order valence-electron chi connectivity index (χ0n) is 15.1. The molecule has 0 saturated heterocycles. The number of thiazole rings is 1. The number of alkyl halides is 3. The van der Waals surface area contributed by atoms with Crippen molar-refractivity contribution in [2.45, 2.75) is 11.9 Å². The lowest BCUT2D eigenvalue weighted by molar-refractivity contribution is -0.270. The number of aromatic nitrogens is 1. The van der Waals surface area contributed by atoms with E-state index in [1.807, 2.05) is 0 Å². The number of ether oxygens (including phenoxy) is 1. The Morgan fingerprint density at radius 1 is 1.17 bits per heavy atom. The van der Waals surface area contributed by atoms with Gasteiger partial charge in [0.05, 0.1) is 17.3 Å². The van der Waals surface area contributed by atoms with E-state index in [1.54, 1.807) is 53.9 Å². The molecule has 1 N–H and O–H groups in total. The summed E-state index contributed by atoms with van der Waals surface area (Å²) in [5, 5.41) is 17.8. The molecule has 0 amide bonds. The molecule has 2 atom stereocenters. The first-order valence-electron chi connectivity index (χ1n) is 8.90. The summed E-state index contributed by atoms with van der Waals surface area (Å²) in [5.74, 6) is -0.977. The highest BCUT2D eigenvalue weighted by molar-refractivity contribution is 7.14. The average Bonchev–Trinajstić information content (AvgIpc) is 3.32. The smallest absolute Gasteiger partial charge is 0.439 e. The fourth-order valence-electron chi connectivity index (χ4n) is 3.63. The van der Waals surface area contributed by atoms with Crippen LogP contribution < -0.4 is 9.75 Å². The van der Waals surface area contributed by atoms with Crippen molar-refractivity contribution in [2.24, 2.45) is 11.0 Å². The van der Waals surface area contributed by atoms with Crippen LogP contribution in [0.3, 0.4) is 0 Å². The van der Waals surface area contributed by atoms with Crippen molar-refractivity contribution in [2.75, 3.05) is 11.6 Å². The van der Waals surface area contributed by atoms with Gasteiger partial charge in [0.1, 0.15) is 12.4 Å². The largest absolute Gasteiger partial charge is 0.492 e. The van der Waals surface area contributed by atoms with E-state index in [-0.39, 0.29) is 17.5 Å². The predicted molar refractivity (Wildman–Crippen MR) is 108 cm³/mol. The Bertz CT molecular complexity index is 1150. The zero-order valence-corrected chi connectivity index (χ0v) is 16.7. The fraction of sp³-hybridized carbons (Fsp3) is 0.200. The molecule has 5 nitrogen and oxygen atoms in total. The molecule has 2 aromatic carbocycles. The van der Waals surface area contributed by atoms with Gasteiger partial charge in [-0.1, -0.05) is 35.9 Å². The van der Waals surface area contributed by atoms with Crippen LogP contribution in [0.25, 0.3) is 11.3 Å². The lowest BCUT2D eigenvalue weighted by atomic mass is 9.86. The first-order chi connectivity index (χ1) is 14.3. The van der Waals surface area contributed by atoms with Crippen LogP contribution in [0.2, 0.25) is 5.02 Å². The van der Waals surface area contributed by atoms with Gasteiger partial charge in [0.25, 0.3) is 5.72 Å². The van der Waals surface area contributed by atoms with Gasteiger partial charge >= 0.3 is 6.18 Å². The number of para-hydroxylation sites is 1. The number of fused-ring (bicyclic) bond motifs is 3. The average molecular weight is 452 g/mol. The molecule has 0 spiro atoms. The number of halogens is 4. The summed E-state index contributed by atoms with van der Waals surface area (Å²) in [6.07, 6.45) is -5.00. The molecule has 2 aliphatic heterocycles. The second-order valence-corrected chi connectivity index (χ2v) is 8.18. The lowest BCUT2D eigenvalue weighted by Crippen LogP contribution is -2.61. The summed E-state index contributed by atoms with van der Waals surface area (Å²) in [4.78, 5) is 4.31. The molecule has 0 fully saturated rings. The molecular formula is C20H13ClF3N3O2S. The topological polar surface area (TPSA) is 58.0 Å². The van der Waals surface area contributed by atoms with E-state index in [0.717, 1.165) is 11.3 Å². The summed E-state index contributed by atoms with van der Waals surface area (Å²) >= 11 is 6.86. The fourth-order valence-corrected chi connectivity index (χ4v) is 4.59. The van der Waals surface area contributed by atoms with Crippen LogP contribution in [0.1, 0.15) is 5.56 Å². The molecule has 0 bridgehead atoms. The minimum Gasteiger partial charge on any atom is -0.492 e. The summed E-state index contributed by atoms with van der Waals surface area (Å²) < 4.78 is 47.9. The maximum absolute atomic E-state index is 14.1. The van der Waals surface area contributed by atoms with Crippen LogP contribution >= 0.6 is 22.9 Å². The number of anilines is 1. The Morgan fingerprint density at radius 2 is 1.90 bits per heavy atom. The van der Waals surface area contributed by atoms with Gasteiger partial charge in [-0.05, 0) is 24.3 Å². The highest BCUT2D eigenvalue weighted by Gasteiger charge is 2.69. The van der Waals surface area contributed by atoms with Crippen LogP contribution in [0.15, 0.2) is 59.0 Å². The van der Waals surface area contributed by atoms with Crippen LogP contribution in [0.4, 0.5) is 18.3 Å². The maximum atomic E-state index is 14.1. The first-order valence-corrected chi connectivity index (χ1v) is 10.2. The van der Waals surface area contributed by atoms with Gasteiger partial charge in [-0.2, -0.15) is 23.3 Å². The number of nitrogens with zero attached hydrogens (tertiary/aromatic N) is 3. The van der Waals surface area contributed by atoms with Gasteiger partial charge in [-0.25, -0.2) is 4.98 Å². The Kier molecular flexibility index (Phi) is 4.32. The van der Waals surface area contributed by atoms with E-state index in [0.29, 0.717) is 32.6 Å². The number of hydrazone groups is 1. The van der Waals surface area contributed by atoms with E-state index in [1.165, 1.54) is 0 Å². The van der Waals surface area contributed by atoms with Gasteiger partial charge in [-0.15, -0.1) is 11.3 Å². The van der Waals surface area contributed by atoms with Crippen LogP contribution in [-0.4, -0.2) is 34.3 Å². The molecule has 2 unspecified atom stereocenters. The Morgan fingerprint density at radius 3 is 2.63 bits per heavy atom. The number of rotatable bonds is 2. The van der Waals surface area contributed by atoms with Gasteiger partial charge in [0.15, 0.2) is 0 Å². The van der Waals surface area contributed by atoms with E-state index < -0.39 is 17.8 Å². The van der Waals surface area contributed by atoms with Crippen molar-refractivity contribution >= 4 is 33.8 Å². The Labute approximate surface area is 178 Å². The van der Waals surface area contributed by atoms with Crippen molar-refractivity contribution in [3.05, 3.63) is 64.5 Å². The van der Waals surface area contributed by atoms with Crippen LogP contribution in [0.5, 0.6) is 5.75 Å². The van der Waals surface area contributed by atoms with Crippen molar-refractivity contribution in [1.29, 1.82) is 0 Å². The summed E-state index contributed by atoms with van der Waals surface area (Å²) in [5.41, 5.74) is -1.57. The van der Waals surface area contributed by atoms with Crippen molar-refractivity contribution in [3.8, 4) is 17.0 Å². The molecule has 3 aromatic rings. The van der Waals surface area contributed by atoms with E-state index >= 15 is 0 Å². The van der Waals surface area contributed by atoms with E-state index in [9.17, 15) is 18.3 Å². The lowest BCUT2D eigenvalue weighted by Gasteiger charge is -2.38. The molecule has 3 heterocycles. The number of hydrogen-bond donors (Lipinski definition) is 1. The van der Waals surface area contributed by atoms with E-state index in [4.69, 9.17) is 16.3 Å². The number of aliphatic hydroxyl groups is 1. The third-order valence-corrected chi connectivity index (χ3v) is 6.21.